The maximum absolute atomic E-state index is 12.2. The predicted octanol–water partition coefficient (Wildman–Crippen LogP) is 2.62. The third-order valence-electron chi connectivity index (χ3n) is 4.03. The third-order valence-corrected chi connectivity index (χ3v) is 4.03. The van der Waals surface area contributed by atoms with Crippen LogP contribution in [0.15, 0.2) is 18.2 Å². The number of piperidine rings is 1. The minimum atomic E-state index is -0.162. The Labute approximate surface area is 132 Å². The van der Waals surface area contributed by atoms with Gasteiger partial charge in [0.1, 0.15) is 17.5 Å². The summed E-state index contributed by atoms with van der Waals surface area (Å²) < 4.78 is 15.9. The molecular formula is C17H25NO4. The maximum atomic E-state index is 12.2. The standard InChI is InChI=1S/C17H25NO4/c1-4-22-17(19)15-7-5-6-10-18(15)12-13-11-14(20-2)8-9-16(13)21-3/h8-9,11,15H,4-7,10,12H2,1-3H3/t15-/m1/s1. The number of carbonyl (C=O) groups is 1. The van der Waals surface area contributed by atoms with Crippen LogP contribution in [0.25, 0.3) is 0 Å². The molecule has 1 atom stereocenters. The predicted molar refractivity (Wildman–Crippen MR) is 84.2 cm³/mol. The Bertz CT molecular complexity index is 503. The molecule has 1 saturated heterocycles. The molecular weight excluding hydrogens is 282 g/mol. The Balaban J connectivity index is 2.17. The highest BCUT2D eigenvalue weighted by Crippen LogP contribution is 2.28. The number of nitrogens with zero attached hydrogens (tertiary/aromatic N) is 1. The van der Waals surface area contributed by atoms with Crippen LogP contribution in [0.3, 0.4) is 0 Å². The Morgan fingerprint density at radius 2 is 2.09 bits per heavy atom. The number of esters is 1. The average Bonchev–Trinajstić information content (AvgIpc) is 2.55. The van der Waals surface area contributed by atoms with E-state index in [1.807, 2.05) is 25.1 Å². The van der Waals surface area contributed by atoms with Gasteiger partial charge in [-0.3, -0.25) is 9.69 Å². The topological polar surface area (TPSA) is 48.0 Å². The molecule has 0 aromatic heterocycles. The summed E-state index contributed by atoms with van der Waals surface area (Å²) in [6.07, 6.45) is 3.02. The second kappa shape index (κ2) is 8.03. The van der Waals surface area contributed by atoms with Crippen LogP contribution in [0.4, 0.5) is 0 Å². The molecule has 1 aliphatic rings. The number of hydrogen-bond acceptors (Lipinski definition) is 5. The van der Waals surface area contributed by atoms with Gasteiger partial charge in [-0.05, 0) is 44.5 Å². The van der Waals surface area contributed by atoms with Gasteiger partial charge in [0.05, 0.1) is 20.8 Å². The van der Waals surface area contributed by atoms with Crippen LogP contribution in [-0.2, 0) is 16.1 Å². The van der Waals surface area contributed by atoms with Crippen molar-refractivity contribution in [1.82, 2.24) is 4.90 Å². The van der Waals surface area contributed by atoms with E-state index in [4.69, 9.17) is 14.2 Å². The van der Waals surface area contributed by atoms with Crippen molar-refractivity contribution in [2.45, 2.75) is 38.8 Å². The molecule has 1 heterocycles. The van der Waals surface area contributed by atoms with E-state index in [1.54, 1.807) is 14.2 Å². The first-order chi connectivity index (χ1) is 10.7. The molecule has 0 bridgehead atoms. The number of likely N-dealkylation sites (tertiary alicyclic amines) is 1. The van der Waals surface area contributed by atoms with Gasteiger partial charge in [0, 0.05) is 12.1 Å². The monoisotopic (exact) mass is 307 g/mol. The van der Waals surface area contributed by atoms with E-state index in [0.717, 1.165) is 42.9 Å². The van der Waals surface area contributed by atoms with Crippen LogP contribution < -0.4 is 9.47 Å². The third kappa shape index (κ3) is 3.91. The molecule has 0 N–H and O–H groups in total. The fourth-order valence-electron chi connectivity index (χ4n) is 2.91. The first-order valence-corrected chi connectivity index (χ1v) is 7.81. The smallest absolute Gasteiger partial charge is 0.323 e. The molecule has 22 heavy (non-hydrogen) atoms. The summed E-state index contributed by atoms with van der Waals surface area (Å²) in [6, 6.07) is 5.58. The normalized spacial score (nSPS) is 18.8. The fraction of sp³-hybridized carbons (Fsp3) is 0.588. The Hall–Kier alpha value is -1.75. The van der Waals surface area contributed by atoms with Crippen molar-refractivity contribution >= 4 is 5.97 Å². The van der Waals surface area contributed by atoms with E-state index in [1.165, 1.54) is 0 Å². The summed E-state index contributed by atoms with van der Waals surface area (Å²) in [6.45, 7) is 3.81. The molecule has 0 aliphatic carbocycles. The second-order valence-electron chi connectivity index (χ2n) is 5.41. The zero-order chi connectivity index (χ0) is 15.9. The largest absolute Gasteiger partial charge is 0.497 e. The summed E-state index contributed by atoms with van der Waals surface area (Å²) in [4.78, 5) is 14.3. The van der Waals surface area contributed by atoms with E-state index < -0.39 is 0 Å². The van der Waals surface area contributed by atoms with Gasteiger partial charge in [-0.25, -0.2) is 0 Å². The summed E-state index contributed by atoms with van der Waals surface area (Å²) in [5.41, 5.74) is 1.03. The number of rotatable bonds is 6. The molecule has 0 unspecified atom stereocenters. The molecule has 1 aliphatic heterocycles. The Morgan fingerprint density at radius 3 is 2.77 bits per heavy atom. The number of benzene rings is 1. The van der Waals surface area contributed by atoms with Gasteiger partial charge in [-0.15, -0.1) is 0 Å². The molecule has 0 radical (unpaired) electrons. The van der Waals surface area contributed by atoms with Gasteiger partial charge in [0.2, 0.25) is 0 Å². The molecule has 1 aromatic carbocycles. The second-order valence-corrected chi connectivity index (χ2v) is 5.41. The fourth-order valence-corrected chi connectivity index (χ4v) is 2.91. The molecule has 0 saturated carbocycles. The van der Waals surface area contributed by atoms with Crippen molar-refractivity contribution in [3.63, 3.8) is 0 Å². The summed E-state index contributed by atoms with van der Waals surface area (Å²) in [5.74, 6) is 1.48. The highest BCUT2D eigenvalue weighted by molar-refractivity contribution is 5.75. The minimum Gasteiger partial charge on any atom is -0.497 e. The van der Waals surface area contributed by atoms with Crippen LogP contribution in [-0.4, -0.2) is 44.3 Å². The van der Waals surface area contributed by atoms with E-state index in [0.29, 0.717) is 13.2 Å². The van der Waals surface area contributed by atoms with E-state index in [2.05, 4.69) is 4.90 Å². The highest BCUT2D eigenvalue weighted by atomic mass is 16.5. The van der Waals surface area contributed by atoms with Crippen LogP contribution in [0.1, 0.15) is 31.7 Å². The van der Waals surface area contributed by atoms with Crippen molar-refractivity contribution in [2.75, 3.05) is 27.4 Å². The quantitative estimate of drug-likeness (QED) is 0.756. The lowest BCUT2D eigenvalue weighted by molar-refractivity contribution is -0.151. The number of hydrogen-bond donors (Lipinski definition) is 0. The lowest BCUT2D eigenvalue weighted by Gasteiger charge is -2.34. The summed E-state index contributed by atoms with van der Waals surface area (Å²) in [5, 5.41) is 0. The molecule has 5 nitrogen and oxygen atoms in total. The molecule has 1 fully saturated rings. The molecule has 122 valence electrons. The number of methoxy groups -OCH3 is 2. The Kier molecular flexibility index (Phi) is 6.07. The number of carbonyl (C=O) groups excluding carboxylic acids is 1. The average molecular weight is 307 g/mol. The van der Waals surface area contributed by atoms with Crippen molar-refractivity contribution < 1.29 is 19.0 Å². The van der Waals surface area contributed by atoms with E-state index in [9.17, 15) is 4.79 Å². The lowest BCUT2D eigenvalue weighted by Crippen LogP contribution is -2.45. The SMILES string of the molecule is CCOC(=O)[C@H]1CCCCN1Cc1cc(OC)ccc1OC. The van der Waals surface area contributed by atoms with Gasteiger partial charge < -0.3 is 14.2 Å². The van der Waals surface area contributed by atoms with Crippen LogP contribution in [0, 0.1) is 0 Å². The zero-order valence-electron chi connectivity index (χ0n) is 13.6. The van der Waals surface area contributed by atoms with Crippen LogP contribution >= 0.6 is 0 Å². The number of ether oxygens (including phenoxy) is 3. The summed E-state index contributed by atoms with van der Waals surface area (Å²) in [7, 11) is 3.30. The van der Waals surface area contributed by atoms with E-state index in [-0.39, 0.29) is 12.0 Å². The minimum absolute atomic E-state index is 0.121. The van der Waals surface area contributed by atoms with Crippen molar-refractivity contribution in [3.8, 4) is 11.5 Å². The van der Waals surface area contributed by atoms with Gasteiger partial charge in [-0.1, -0.05) is 6.42 Å². The van der Waals surface area contributed by atoms with Crippen molar-refractivity contribution in [3.05, 3.63) is 23.8 Å². The first kappa shape index (κ1) is 16.6. The van der Waals surface area contributed by atoms with Crippen molar-refractivity contribution in [1.29, 1.82) is 0 Å². The van der Waals surface area contributed by atoms with Crippen LogP contribution in [0.2, 0.25) is 0 Å². The highest BCUT2D eigenvalue weighted by Gasteiger charge is 2.30. The van der Waals surface area contributed by atoms with Gasteiger partial charge in [0.15, 0.2) is 0 Å². The van der Waals surface area contributed by atoms with Gasteiger partial charge in [0.25, 0.3) is 0 Å². The Morgan fingerprint density at radius 1 is 1.27 bits per heavy atom. The van der Waals surface area contributed by atoms with Crippen molar-refractivity contribution in [2.24, 2.45) is 0 Å². The van der Waals surface area contributed by atoms with E-state index >= 15 is 0 Å². The first-order valence-electron chi connectivity index (χ1n) is 7.81. The molecule has 1 aromatic rings. The zero-order valence-corrected chi connectivity index (χ0v) is 13.6. The summed E-state index contributed by atoms with van der Waals surface area (Å²) >= 11 is 0. The molecule has 0 amide bonds. The van der Waals surface area contributed by atoms with Gasteiger partial charge >= 0.3 is 5.97 Å². The van der Waals surface area contributed by atoms with Crippen LogP contribution in [0.5, 0.6) is 11.5 Å². The lowest BCUT2D eigenvalue weighted by atomic mass is 10.0. The molecule has 0 spiro atoms. The van der Waals surface area contributed by atoms with Gasteiger partial charge in [-0.2, -0.15) is 0 Å². The molecule has 2 rings (SSSR count). The molecule has 5 heteroatoms. The maximum Gasteiger partial charge on any atom is 0.323 e.